The summed E-state index contributed by atoms with van der Waals surface area (Å²) in [5, 5.41) is 5.43. The molecule has 0 aliphatic carbocycles. The molecule has 3 amide bonds. The van der Waals surface area contributed by atoms with Gasteiger partial charge >= 0.3 is 6.09 Å². The number of halogens is 1. The fourth-order valence-corrected chi connectivity index (χ4v) is 3.67. The maximum atomic E-state index is 14.8. The Bertz CT molecular complexity index is 805. The van der Waals surface area contributed by atoms with E-state index in [-0.39, 0.29) is 37.4 Å². The number of anilines is 2. The summed E-state index contributed by atoms with van der Waals surface area (Å²) in [6.07, 6.45) is -0.195. The van der Waals surface area contributed by atoms with Crippen LogP contribution in [0.15, 0.2) is 18.2 Å². The first-order valence-corrected chi connectivity index (χ1v) is 9.90. The zero-order chi connectivity index (χ0) is 21.7. The molecule has 2 aliphatic rings. The lowest BCUT2D eigenvalue weighted by atomic mass is 10.1. The molecular weight excluding hydrogens is 395 g/mol. The Morgan fingerprint density at radius 3 is 2.77 bits per heavy atom. The van der Waals surface area contributed by atoms with Gasteiger partial charge < -0.3 is 25.0 Å². The van der Waals surface area contributed by atoms with Crippen molar-refractivity contribution < 1.29 is 28.2 Å². The lowest BCUT2D eigenvalue weighted by molar-refractivity contribution is -0.125. The first-order chi connectivity index (χ1) is 14.4. The standard InChI is InChI=1S/C20H27FN4O5/c1-13(26)22-9-16-11-25(20(28)30-16)15-3-4-18(17(21)7-15)24-6-5-14(10-24)8-23-19(27)12-29-2/h3-4,7,14,16H,5-6,8-12H2,1-2H3,(H,22,26)(H,23,27). The number of rotatable bonds is 8. The van der Waals surface area contributed by atoms with Crippen LogP contribution in [-0.2, 0) is 19.1 Å². The molecule has 0 spiro atoms. The molecule has 2 atom stereocenters. The van der Waals surface area contributed by atoms with Crippen molar-refractivity contribution in [2.75, 3.05) is 56.2 Å². The summed E-state index contributed by atoms with van der Waals surface area (Å²) >= 11 is 0. The highest BCUT2D eigenvalue weighted by atomic mass is 19.1. The van der Waals surface area contributed by atoms with Gasteiger partial charge in [-0.05, 0) is 30.5 Å². The molecule has 3 rings (SSSR count). The highest BCUT2D eigenvalue weighted by Gasteiger charge is 2.33. The Labute approximate surface area is 174 Å². The van der Waals surface area contributed by atoms with Crippen LogP contribution >= 0.6 is 0 Å². The minimum atomic E-state index is -0.564. The summed E-state index contributed by atoms with van der Waals surface area (Å²) in [6.45, 7) is 3.71. The van der Waals surface area contributed by atoms with E-state index >= 15 is 0 Å². The van der Waals surface area contributed by atoms with Gasteiger partial charge in [0.25, 0.3) is 0 Å². The monoisotopic (exact) mass is 422 g/mol. The van der Waals surface area contributed by atoms with E-state index in [9.17, 15) is 18.8 Å². The largest absolute Gasteiger partial charge is 0.442 e. The number of carbonyl (C=O) groups excluding carboxylic acids is 3. The molecule has 0 bridgehead atoms. The third-order valence-corrected chi connectivity index (χ3v) is 5.19. The first-order valence-electron chi connectivity index (χ1n) is 9.90. The van der Waals surface area contributed by atoms with Crippen LogP contribution in [0.1, 0.15) is 13.3 Å². The number of nitrogens with zero attached hydrogens (tertiary/aromatic N) is 2. The second kappa shape index (κ2) is 9.75. The summed E-state index contributed by atoms with van der Waals surface area (Å²) in [5.74, 6) is -0.564. The minimum Gasteiger partial charge on any atom is -0.442 e. The highest BCUT2D eigenvalue weighted by molar-refractivity contribution is 5.90. The Hall–Kier alpha value is -2.88. The molecule has 0 aromatic heterocycles. The molecule has 2 unspecified atom stereocenters. The third-order valence-electron chi connectivity index (χ3n) is 5.19. The number of cyclic esters (lactones) is 1. The number of carbonyl (C=O) groups is 3. The Morgan fingerprint density at radius 2 is 2.07 bits per heavy atom. The molecule has 1 aromatic rings. The number of benzene rings is 1. The molecule has 10 heteroatoms. The van der Waals surface area contributed by atoms with Crippen molar-refractivity contribution in [3.63, 3.8) is 0 Å². The number of nitrogens with one attached hydrogen (secondary N) is 2. The van der Waals surface area contributed by atoms with Crippen LogP contribution in [0.4, 0.5) is 20.6 Å². The molecule has 0 radical (unpaired) electrons. The van der Waals surface area contributed by atoms with Crippen LogP contribution in [-0.4, -0.2) is 70.5 Å². The normalized spacial score (nSPS) is 21.0. The lowest BCUT2D eigenvalue weighted by Crippen LogP contribution is -2.33. The number of ether oxygens (including phenoxy) is 2. The fourth-order valence-electron chi connectivity index (χ4n) is 3.67. The van der Waals surface area contributed by atoms with Crippen molar-refractivity contribution in [3.8, 4) is 0 Å². The van der Waals surface area contributed by atoms with Gasteiger partial charge in [-0.25, -0.2) is 9.18 Å². The third kappa shape index (κ3) is 5.38. The number of amides is 3. The van der Waals surface area contributed by atoms with E-state index < -0.39 is 18.0 Å². The zero-order valence-electron chi connectivity index (χ0n) is 17.2. The van der Waals surface area contributed by atoms with Crippen LogP contribution in [0.2, 0.25) is 0 Å². The van der Waals surface area contributed by atoms with Crippen LogP contribution in [0.3, 0.4) is 0 Å². The van der Waals surface area contributed by atoms with E-state index in [1.807, 2.05) is 4.90 Å². The van der Waals surface area contributed by atoms with E-state index in [1.54, 1.807) is 12.1 Å². The molecule has 2 saturated heterocycles. The van der Waals surface area contributed by atoms with Gasteiger partial charge in [-0.3, -0.25) is 14.5 Å². The van der Waals surface area contributed by atoms with Crippen molar-refractivity contribution in [2.24, 2.45) is 5.92 Å². The summed E-state index contributed by atoms with van der Waals surface area (Å²) in [5.41, 5.74) is 0.876. The minimum absolute atomic E-state index is 0.0249. The topological polar surface area (TPSA) is 100 Å². The summed E-state index contributed by atoms with van der Waals surface area (Å²) in [4.78, 5) is 38.0. The highest BCUT2D eigenvalue weighted by Crippen LogP contribution is 2.30. The van der Waals surface area contributed by atoms with Gasteiger partial charge in [-0.2, -0.15) is 0 Å². The van der Waals surface area contributed by atoms with Gasteiger partial charge in [0.1, 0.15) is 18.5 Å². The number of hydrogen-bond acceptors (Lipinski definition) is 6. The number of methoxy groups -OCH3 is 1. The van der Waals surface area contributed by atoms with Crippen molar-refractivity contribution in [3.05, 3.63) is 24.0 Å². The number of hydrogen-bond donors (Lipinski definition) is 2. The van der Waals surface area contributed by atoms with E-state index in [0.717, 1.165) is 6.42 Å². The Kier molecular flexibility index (Phi) is 7.09. The van der Waals surface area contributed by atoms with Crippen molar-refractivity contribution >= 4 is 29.3 Å². The molecular formula is C20H27FN4O5. The molecule has 1 aromatic carbocycles. The molecule has 164 valence electrons. The summed E-state index contributed by atoms with van der Waals surface area (Å²) < 4.78 is 24.8. The van der Waals surface area contributed by atoms with Crippen LogP contribution in [0.25, 0.3) is 0 Å². The van der Waals surface area contributed by atoms with Gasteiger partial charge in [-0.1, -0.05) is 0 Å². The van der Waals surface area contributed by atoms with Gasteiger partial charge in [0.05, 0.1) is 24.5 Å². The quantitative estimate of drug-likeness (QED) is 0.645. The van der Waals surface area contributed by atoms with Crippen molar-refractivity contribution in [1.82, 2.24) is 10.6 Å². The summed E-state index contributed by atoms with van der Waals surface area (Å²) in [6, 6.07) is 4.67. The van der Waals surface area contributed by atoms with Crippen LogP contribution in [0, 0.1) is 11.7 Å². The predicted molar refractivity (Wildman–Crippen MR) is 108 cm³/mol. The maximum Gasteiger partial charge on any atom is 0.414 e. The average Bonchev–Trinajstić information content (AvgIpc) is 3.31. The first kappa shape index (κ1) is 21.8. The Balaban J connectivity index is 1.57. The molecule has 2 heterocycles. The smallest absolute Gasteiger partial charge is 0.414 e. The average molecular weight is 422 g/mol. The maximum absolute atomic E-state index is 14.8. The van der Waals surface area contributed by atoms with Crippen molar-refractivity contribution in [1.29, 1.82) is 0 Å². The van der Waals surface area contributed by atoms with E-state index in [2.05, 4.69) is 10.6 Å². The van der Waals surface area contributed by atoms with Gasteiger partial charge in [0.2, 0.25) is 11.8 Å². The molecule has 2 N–H and O–H groups in total. The predicted octanol–water partition coefficient (Wildman–Crippen LogP) is 0.876. The van der Waals surface area contributed by atoms with Crippen LogP contribution < -0.4 is 20.4 Å². The molecule has 2 aliphatic heterocycles. The van der Waals surface area contributed by atoms with Gasteiger partial charge in [-0.15, -0.1) is 0 Å². The van der Waals surface area contributed by atoms with Crippen molar-refractivity contribution in [2.45, 2.75) is 19.4 Å². The fraction of sp³-hybridized carbons (Fsp3) is 0.550. The van der Waals surface area contributed by atoms with Gasteiger partial charge in [0, 0.05) is 33.7 Å². The van der Waals surface area contributed by atoms with E-state index in [0.29, 0.717) is 31.0 Å². The molecule has 2 fully saturated rings. The Morgan fingerprint density at radius 1 is 1.27 bits per heavy atom. The zero-order valence-corrected chi connectivity index (χ0v) is 17.2. The molecule has 30 heavy (non-hydrogen) atoms. The second-order valence-electron chi connectivity index (χ2n) is 7.53. The second-order valence-corrected chi connectivity index (χ2v) is 7.53. The molecule has 0 saturated carbocycles. The summed E-state index contributed by atoms with van der Waals surface area (Å²) in [7, 11) is 1.47. The SMILES string of the molecule is COCC(=O)NCC1CCN(c2ccc(N3CC(CNC(C)=O)OC3=O)cc2F)C1. The molecule has 9 nitrogen and oxygen atoms in total. The lowest BCUT2D eigenvalue weighted by Gasteiger charge is -2.21. The van der Waals surface area contributed by atoms with Crippen LogP contribution in [0.5, 0.6) is 0 Å². The van der Waals surface area contributed by atoms with E-state index in [4.69, 9.17) is 9.47 Å². The van der Waals surface area contributed by atoms with E-state index in [1.165, 1.54) is 25.0 Å². The van der Waals surface area contributed by atoms with Gasteiger partial charge in [0.15, 0.2) is 0 Å².